The average Bonchev–Trinajstić information content (AvgIpc) is 3.16. The molecule has 8 nitrogen and oxygen atoms in total. The van der Waals surface area contributed by atoms with Crippen molar-refractivity contribution in [2.45, 2.75) is 43.7 Å². The molecule has 0 N–H and O–H groups in total. The zero-order chi connectivity index (χ0) is 30.8. The van der Waals surface area contributed by atoms with Crippen molar-refractivity contribution in [3.05, 3.63) is 108 Å². The second-order valence-electron chi connectivity index (χ2n) is 10.5. The van der Waals surface area contributed by atoms with Gasteiger partial charge in [0.1, 0.15) is 25.8 Å². The van der Waals surface area contributed by atoms with Crippen molar-refractivity contribution in [1.29, 1.82) is 0 Å². The van der Waals surface area contributed by atoms with E-state index in [0.717, 1.165) is 11.6 Å². The van der Waals surface area contributed by atoms with Crippen LogP contribution in [0.2, 0.25) is 0 Å². The maximum atomic E-state index is 6.71. The summed E-state index contributed by atoms with van der Waals surface area (Å²) in [6, 6.07) is 31.1. The molecular formula is C35H46N2O6S. The molecule has 3 aromatic carbocycles. The first-order valence-electron chi connectivity index (χ1n) is 15.1. The molecule has 1 aliphatic heterocycles. The van der Waals surface area contributed by atoms with Crippen LogP contribution in [0, 0.1) is 0 Å². The predicted molar refractivity (Wildman–Crippen MR) is 176 cm³/mol. The van der Waals surface area contributed by atoms with E-state index >= 15 is 0 Å². The number of hydrogen-bond donors (Lipinski definition) is 0. The quantitative estimate of drug-likeness (QED) is 0.137. The van der Waals surface area contributed by atoms with Crippen molar-refractivity contribution in [3.63, 3.8) is 0 Å². The second-order valence-corrected chi connectivity index (χ2v) is 11.3. The van der Waals surface area contributed by atoms with Crippen LogP contribution in [0.25, 0.3) is 0 Å². The van der Waals surface area contributed by atoms with Crippen molar-refractivity contribution < 1.29 is 28.4 Å². The minimum absolute atomic E-state index is 0.102. The fraction of sp³-hybridized carbons (Fsp3) is 0.457. The lowest BCUT2D eigenvalue weighted by Gasteiger charge is -2.39. The summed E-state index contributed by atoms with van der Waals surface area (Å²) in [7, 11) is 3.32. The van der Waals surface area contributed by atoms with Gasteiger partial charge in [0.25, 0.3) is 0 Å². The van der Waals surface area contributed by atoms with Gasteiger partial charge in [0.05, 0.1) is 38.5 Å². The smallest absolute Gasteiger partial charge is 0.159 e. The van der Waals surface area contributed by atoms with Crippen molar-refractivity contribution in [2.75, 3.05) is 60.5 Å². The Morgan fingerprint density at radius 2 is 1.14 bits per heavy atom. The van der Waals surface area contributed by atoms with Gasteiger partial charge in [-0.15, -0.1) is 0 Å². The number of nitrogens with zero attached hydrogens (tertiary/aromatic N) is 2. The van der Waals surface area contributed by atoms with Gasteiger partial charge in [-0.2, -0.15) is 0 Å². The van der Waals surface area contributed by atoms with Crippen LogP contribution in [0.1, 0.15) is 16.7 Å². The molecule has 0 radical (unpaired) electrons. The molecule has 4 rings (SSSR count). The first kappa shape index (κ1) is 34.1. The van der Waals surface area contributed by atoms with Crippen LogP contribution in [0.15, 0.2) is 96.0 Å². The van der Waals surface area contributed by atoms with Gasteiger partial charge in [0.2, 0.25) is 0 Å². The van der Waals surface area contributed by atoms with Gasteiger partial charge in [0.15, 0.2) is 5.17 Å². The van der Waals surface area contributed by atoms with Gasteiger partial charge in [-0.3, -0.25) is 4.99 Å². The molecular weight excluding hydrogens is 576 g/mol. The molecule has 0 spiro atoms. The summed E-state index contributed by atoms with van der Waals surface area (Å²) in [6.45, 7) is 2.74. The summed E-state index contributed by atoms with van der Waals surface area (Å²) in [5.74, 6) is 0. The number of benzene rings is 3. The second kappa shape index (κ2) is 19.6. The normalized spacial score (nSPS) is 20.3. The average molecular weight is 623 g/mol. The van der Waals surface area contributed by atoms with Crippen molar-refractivity contribution in [3.8, 4) is 0 Å². The van der Waals surface area contributed by atoms with Crippen molar-refractivity contribution >= 4 is 16.9 Å². The molecule has 238 valence electrons. The minimum Gasteiger partial charge on any atom is -0.382 e. The maximum Gasteiger partial charge on any atom is 0.159 e. The molecule has 0 saturated carbocycles. The van der Waals surface area contributed by atoms with Crippen LogP contribution in [-0.4, -0.2) is 94.8 Å². The number of rotatable bonds is 18. The monoisotopic (exact) mass is 622 g/mol. The highest BCUT2D eigenvalue weighted by Crippen LogP contribution is 2.31. The third-order valence-electron chi connectivity index (χ3n) is 7.51. The Kier molecular flexibility index (Phi) is 15.2. The Balaban J connectivity index is 1.76. The van der Waals surface area contributed by atoms with E-state index in [2.05, 4.69) is 84.0 Å². The number of ether oxygens (including phenoxy) is 6. The van der Waals surface area contributed by atoms with Gasteiger partial charge in [-0.05, 0) is 35.8 Å². The molecule has 1 heterocycles. The highest BCUT2D eigenvalue weighted by atomic mass is 32.2. The highest BCUT2D eigenvalue weighted by molar-refractivity contribution is 8.13. The number of methoxy groups -OCH3 is 2. The van der Waals surface area contributed by atoms with Crippen LogP contribution >= 0.6 is 11.8 Å². The van der Waals surface area contributed by atoms with Gasteiger partial charge < -0.3 is 33.3 Å². The van der Waals surface area contributed by atoms with Gasteiger partial charge in [-0.25, -0.2) is 0 Å². The summed E-state index contributed by atoms with van der Waals surface area (Å²) < 4.78 is 35.4. The van der Waals surface area contributed by atoms with Crippen molar-refractivity contribution in [1.82, 2.24) is 4.90 Å². The lowest BCUT2D eigenvalue weighted by molar-refractivity contribution is -0.187. The molecule has 0 saturated heterocycles. The Bertz CT molecular complexity index is 1200. The third kappa shape index (κ3) is 10.7. The number of thioether (sulfide) groups is 1. The molecule has 3 aromatic rings. The molecule has 44 heavy (non-hydrogen) atoms. The van der Waals surface area contributed by atoms with E-state index in [9.17, 15) is 0 Å². The van der Waals surface area contributed by atoms with Crippen LogP contribution in [0.5, 0.6) is 0 Å². The molecule has 0 aliphatic carbocycles. The number of aliphatic imine (C=N–C) groups is 1. The van der Waals surface area contributed by atoms with E-state index in [1.807, 2.05) is 18.2 Å². The first-order chi connectivity index (χ1) is 21.7. The van der Waals surface area contributed by atoms with E-state index in [1.54, 1.807) is 26.0 Å². The van der Waals surface area contributed by atoms with E-state index in [-0.39, 0.29) is 25.7 Å². The molecule has 0 amide bonds. The Labute approximate surface area is 266 Å². The van der Waals surface area contributed by atoms with Crippen molar-refractivity contribution in [2.24, 2.45) is 4.99 Å². The molecule has 0 fully saturated rings. The first-order valence-corrected chi connectivity index (χ1v) is 16.3. The zero-order valence-electron chi connectivity index (χ0n) is 26.1. The zero-order valence-corrected chi connectivity index (χ0v) is 26.9. The molecule has 1 aliphatic rings. The van der Waals surface area contributed by atoms with Gasteiger partial charge in [0, 0.05) is 20.8 Å². The molecule has 0 bridgehead atoms. The standard InChI is InChI=1S/C35H46N2O6S/c1-38-19-21-40-26-42-33-31(23-28-13-7-4-8-14-28)36-35(44-3)37(25-30-17-11-6-12-18-30)32(24-29-15-9-5-10-16-29)34(33)43-27-41-22-20-39-2/h4-18,31-34H,19-27H2,1-3H3/t31-,32-,33+,34+/m1/s1. The molecule has 0 unspecified atom stereocenters. The fourth-order valence-electron chi connectivity index (χ4n) is 5.35. The van der Waals surface area contributed by atoms with E-state index < -0.39 is 12.2 Å². The SMILES string of the molecule is COCCOCO[C@@H]1[C@@H](OCOCCOC)[C@@H](Cc2ccccc2)N=C(SC)N(Cc2ccccc2)[C@@H]1Cc1ccccc1. The minimum atomic E-state index is -0.416. The van der Waals surface area contributed by atoms with E-state index in [1.165, 1.54) is 16.7 Å². The van der Waals surface area contributed by atoms with Crippen LogP contribution in [0.3, 0.4) is 0 Å². The molecule has 0 aromatic heterocycles. The van der Waals surface area contributed by atoms with Crippen LogP contribution < -0.4 is 0 Å². The van der Waals surface area contributed by atoms with Crippen LogP contribution in [-0.2, 0) is 47.8 Å². The summed E-state index contributed by atoms with van der Waals surface area (Å²) in [5, 5.41) is 0.955. The van der Waals surface area contributed by atoms with Crippen LogP contribution in [0.4, 0.5) is 0 Å². The third-order valence-corrected chi connectivity index (χ3v) is 8.21. The summed E-state index contributed by atoms with van der Waals surface area (Å²) in [6.07, 6.45) is 2.71. The highest BCUT2D eigenvalue weighted by Gasteiger charge is 2.43. The number of hydrogen-bond acceptors (Lipinski definition) is 9. The number of amidine groups is 1. The molecule has 9 heteroatoms. The van der Waals surface area contributed by atoms with Gasteiger partial charge in [-0.1, -0.05) is 103 Å². The summed E-state index contributed by atoms with van der Waals surface area (Å²) in [5.41, 5.74) is 3.59. The summed E-state index contributed by atoms with van der Waals surface area (Å²) >= 11 is 1.66. The Morgan fingerprint density at radius 3 is 1.66 bits per heavy atom. The van der Waals surface area contributed by atoms with Gasteiger partial charge >= 0.3 is 0 Å². The lowest BCUT2D eigenvalue weighted by atomic mass is 9.91. The predicted octanol–water partition coefficient (Wildman–Crippen LogP) is 5.46. The maximum absolute atomic E-state index is 6.71. The largest absolute Gasteiger partial charge is 0.382 e. The Morgan fingerprint density at radius 1 is 0.636 bits per heavy atom. The lowest BCUT2D eigenvalue weighted by Crippen LogP contribution is -2.53. The fourth-order valence-corrected chi connectivity index (χ4v) is 6.02. The molecule has 4 atom stereocenters. The summed E-state index contributed by atoms with van der Waals surface area (Å²) in [4.78, 5) is 7.81. The van der Waals surface area contributed by atoms with E-state index in [4.69, 9.17) is 33.4 Å². The topological polar surface area (TPSA) is 71.0 Å². The Hall–Kier alpha value is -2.76. The van der Waals surface area contributed by atoms with E-state index in [0.29, 0.717) is 39.4 Å².